The van der Waals surface area contributed by atoms with E-state index in [1.807, 2.05) is 24.3 Å². The highest BCUT2D eigenvalue weighted by atomic mass is 16.1. The first-order valence-electron chi connectivity index (χ1n) is 5.73. The summed E-state index contributed by atoms with van der Waals surface area (Å²) in [5, 5.41) is 0. The van der Waals surface area contributed by atoms with E-state index in [0.29, 0.717) is 5.57 Å². The van der Waals surface area contributed by atoms with E-state index in [0.717, 1.165) is 18.4 Å². The quantitative estimate of drug-likeness (QED) is 0.578. The molecule has 0 spiro atoms. The molecule has 0 fully saturated rings. The Balaban J connectivity index is 2.83. The number of hydrogen-bond donors (Lipinski definition) is 1. The molecule has 0 unspecified atom stereocenters. The van der Waals surface area contributed by atoms with Gasteiger partial charge in [0, 0.05) is 5.57 Å². The molecule has 1 aromatic rings. The Morgan fingerprint density at radius 3 is 2.62 bits per heavy atom. The minimum atomic E-state index is -0.442. The normalized spacial score (nSPS) is 10.1. The van der Waals surface area contributed by atoms with Crippen molar-refractivity contribution in [2.45, 2.75) is 32.6 Å². The maximum atomic E-state index is 11.1. The van der Waals surface area contributed by atoms with Gasteiger partial charge in [-0.15, -0.1) is 0 Å². The predicted octanol–water partition coefficient (Wildman–Crippen LogP) is 2.92. The van der Waals surface area contributed by atoms with Gasteiger partial charge in [0.15, 0.2) is 0 Å². The van der Waals surface area contributed by atoms with Crippen LogP contribution in [0, 0.1) is 0 Å². The van der Waals surface area contributed by atoms with E-state index in [-0.39, 0.29) is 0 Å². The lowest BCUT2D eigenvalue weighted by Crippen LogP contribution is -2.13. The number of rotatable bonds is 6. The Labute approximate surface area is 97.2 Å². The van der Waals surface area contributed by atoms with Crippen LogP contribution in [0.3, 0.4) is 0 Å². The molecule has 0 saturated carbocycles. The lowest BCUT2D eigenvalue weighted by molar-refractivity contribution is -0.112. The smallest absolute Gasteiger partial charge is 0.248 e. The molecular weight excluding hydrogens is 198 g/mol. The predicted molar refractivity (Wildman–Crippen MR) is 67.9 cm³/mol. The molecule has 0 aliphatic carbocycles. The van der Waals surface area contributed by atoms with Crippen LogP contribution in [0.15, 0.2) is 30.8 Å². The fourth-order valence-corrected chi connectivity index (χ4v) is 1.73. The first-order valence-corrected chi connectivity index (χ1v) is 5.73. The molecule has 86 valence electrons. The van der Waals surface area contributed by atoms with Crippen molar-refractivity contribution in [3.05, 3.63) is 42.0 Å². The molecule has 0 atom stereocenters. The second kappa shape index (κ2) is 6.11. The Morgan fingerprint density at radius 2 is 2.00 bits per heavy atom. The number of aryl methyl sites for hydroxylation is 1. The van der Waals surface area contributed by atoms with Gasteiger partial charge in [-0.2, -0.15) is 0 Å². The fourth-order valence-electron chi connectivity index (χ4n) is 1.73. The number of benzene rings is 1. The summed E-state index contributed by atoms with van der Waals surface area (Å²) in [5.41, 5.74) is 7.72. The number of unbranched alkanes of at least 4 members (excludes halogenated alkanes) is 2. The number of carbonyl (C=O) groups is 1. The van der Waals surface area contributed by atoms with Crippen LogP contribution < -0.4 is 5.73 Å². The summed E-state index contributed by atoms with van der Waals surface area (Å²) in [6, 6.07) is 7.85. The third kappa shape index (κ3) is 3.23. The topological polar surface area (TPSA) is 43.1 Å². The highest BCUT2D eigenvalue weighted by molar-refractivity contribution is 6.18. The largest absolute Gasteiger partial charge is 0.366 e. The molecule has 1 rings (SSSR count). The summed E-state index contributed by atoms with van der Waals surface area (Å²) in [6.07, 6.45) is 4.52. The van der Waals surface area contributed by atoms with E-state index >= 15 is 0 Å². The minimum absolute atomic E-state index is 0.409. The Kier molecular flexibility index (Phi) is 4.77. The summed E-state index contributed by atoms with van der Waals surface area (Å²) in [6.45, 7) is 5.91. The molecule has 0 bridgehead atoms. The molecule has 0 aliphatic heterocycles. The van der Waals surface area contributed by atoms with Gasteiger partial charge in [0.1, 0.15) is 0 Å². The van der Waals surface area contributed by atoms with Crippen LogP contribution in [0.25, 0.3) is 5.57 Å². The van der Waals surface area contributed by atoms with Gasteiger partial charge in [0.05, 0.1) is 0 Å². The van der Waals surface area contributed by atoms with Crippen molar-refractivity contribution in [1.82, 2.24) is 0 Å². The summed E-state index contributed by atoms with van der Waals surface area (Å²) in [7, 11) is 0. The summed E-state index contributed by atoms with van der Waals surface area (Å²) in [4.78, 5) is 11.1. The minimum Gasteiger partial charge on any atom is -0.366 e. The van der Waals surface area contributed by atoms with Crippen LogP contribution in [0.1, 0.15) is 37.3 Å². The van der Waals surface area contributed by atoms with Crippen molar-refractivity contribution < 1.29 is 4.79 Å². The summed E-state index contributed by atoms with van der Waals surface area (Å²) < 4.78 is 0. The van der Waals surface area contributed by atoms with Gasteiger partial charge in [-0.25, -0.2) is 0 Å². The molecule has 0 heterocycles. The molecule has 2 heteroatoms. The van der Waals surface area contributed by atoms with Crippen LogP contribution >= 0.6 is 0 Å². The monoisotopic (exact) mass is 217 g/mol. The average Bonchev–Trinajstić information content (AvgIpc) is 2.29. The first kappa shape index (κ1) is 12.5. The highest BCUT2D eigenvalue weighted by Gasteiger charge is 2.09. The third-order valence-electron chi connectivity index (χ3n) is 2.69. The number of hydrogen-bond acceptors (Lipinski definition) is 1. The van der Waals surface area contributed by atoms with Crippen molar-refractivity contribution in [1.29, 1.82) is 0 Å². The third-order valence-corrected chi connectivity index (χ3v) is 2.69. The van der Waals surface area contributed by atoms with Crippen LogP contribution in [0.4, 0.5) is 0 Å². The van der Waals surface area contributed by atoms with E-state index in [9.17, 15) is 4.79 Å². The second-order valence-electron chi connectivity index (χ2n) is 3.96. The van der Waals surface area contributed by atoms with Gasteiger partial charge in [0.25, 0.3) is 0 Å². The number of carbonyl (C=O) groups excluding carboxylic acids is 1. The SMILES string of the molecule is C=C(C(N)=O)c1ccccc1CCCCC. The molecule has 2 N–H and O–H groups in total. The highest BCUT2D eigenvalue weighted by Crippen LogP contribution is 2.19. The van der Waals surface area contributed by atoms with E-state index in [1.165, 1.54) is 18.4 Å². The van der Waals surface area contributed by atoms with E-state index in [2.05, 4.69) is 13.5 Å². The molecule has 2 nitrogen and oxygen atoms in total. The van der Waals surface area contributed by atoms with Gasteiger partial charge in [0.2, 0.25) is 5.91 Å². The fraction of sp³-hybridized carbons (Fsp3) is 0.357. The molecule has 0 aliphatic rings. The van der Waals surface area contributed by atoms with Crippen molar-refractivity contribution >= 4 is 11.5 Å². The van der Waals surface area contributed by atoms with Gasteiger partial charge in [-0.1, -0.05) is 50.6 Å². The summed E-state index contributed by atoms with van der Waals surface area (Å²) in [5.74, 6) is -0.442. The van der Waals surface area contributed by atoms with Gasteiger partial charge in [-0.05, 0) is 24.0 Å². The van der Waals surface area contributed by atoms with Crippen LogP contribution in [-0.4, -0.2) is 5.91 Å². The van der Waals surface area contributed by atoms with E-state index in [4.69, 9.17) is 5.73 Å². The Bertz CT molecular complexity index is 382. The molecule has 1 aromatic carbocycles. The zero-order valence-electron chi connectivity index (χ0n) is 9.83. The zero-order chi connectivity index (χ0) is 12.0. The summed E-state index contributed by atoms with van der Waals surface area (Å²) >= 11 is 0. The molecule has 1 amide bonds. The molecule has 0 radical (unpaired) electrons. The van der Waals surface area contributed by atoms with E-state index < -0.39 is 5.91 Å². The number of amides is 1. The van der Waals surface area contributed by atoms with Gasteiger partial charge >= 0.3 is 0 Å². The first-order chi connectivity index (χ1) is 7.66. The molecule has 0 aromatic heterocycles. The Hall–Kier alpha value is -1.57. The number of nitrogens with two attached hydrogens (primary N) is 1. The van der Waals surface area contributed by atoms with Crippen molar-refractivity contribution in [2.75, 3.05) is 0 Å². The average molecular weight is 217 g/mol. The maximum Gasteiger partial charge on any atom is 0.248 e. The number of primary amides is 1. The molecule has 16 heavy (non-hydrogen) atoms. The van der Waals surface area contributed by atoms with Crippen molar-refractivity contribution in [3.8, 4) is 0 Å². The molecular formula is C14H19NO. The van der Waals surface area contributed by atoms with Crippen LogP contribution in [0.2, 0.25) is 0 Å². The lowest BCUT2D eigenvalue weighted by Gasteiger charge is -2.09. The molecule has 0 saturated heterocycles. The maximum absolute atomic E-state index is 11.1. The second-order valence-corrected chi connectivity index (χ2v) is 3.96. The van der Waals surface area contributed by atoms with Crippen LogP contribution in [0.5, 0.6) is 0 Å². The Morgan fingerprint density at radius 1 is 1.31 bits per heavy atom. The zero-order valence-corrected chi connectivity index (χ0v) is 9.83. The lowest BCUT2D eigenvalue weighted by atomic mass is 9.96. The van der Waals surface area contributed by atoms with Gasteiger partial charge < -0.3 is 5.73 Å². The van der Waals surface area contributed by atoms with Gasteiger partial charge in [-0.3, -0.25) is 4.79 Å². The van der Waals surface area contributed by atoms with Crippen LogP contribution in [-0.2, 0) is 11.2 Å². The van der Waals surface area contributed by atoms with Crippen molar-refractivity contribution in [3.63, 3.8) is 0 Å². The standard InChI is InChI=1S/C14H19NO/c1-3-4-5-8-12-9-6-7-10-13(12)11(2)14(15)16/h6-7,9-10H,2-5,8H2,1H3,(H2,15,16). The van der Waals surface area contributed by atoms with E-state index in [1.54, 1.807) is 0 Å². The van der Waals surface area contributed by atoms with Crippen molar-refractivity contribution in [2.24, 2.45) is 5.73 Å².